The largest absolute Gasteiger partial charge is 0.492 e. The van der Waals surface area contributed by atoms with Crippen LogP contribution in [0.25, 0.3) is 0 Å². The Kier molecular flexibility index (Phi) is 10.1. The maximum atomic E-state index is 12.5. The molecule has 0 aliphatic carbocycles. The highest BCUT2D eigenvalue weighted by Gasteiger charge is 2.23. The number of carbonyl (C=O) groups is 2. The second-order valence-electron chi connectivity index (χ2n) is 7.85. The first-order valence-corrected chi connectivity index (χ1v) is 13.7. The number of nitrogens with zero attached hydrogens (tertiary/aromatic N) is 2. The van der Waals surface area contributed by atoms with E-state index < -0.39 is 22.5 Å². The van der Waals surface area contributed by atoms with Crippen molar-refractivity contribution >= 4 is 51.0 Å². The minimum atomic E-state index is -3.78. The SMILES string of the molecule is CCOc1ccccc1N(CC(=O)N/N=C\c1ccc(OCC(=O)Nc2ccccc2Cl)cc1)S(C)(=O)=O. The molecule has 0 aromatic heterocycles. The number of anilines is 2. The summed E-state index contributed by atoms with van der Waals surface area (Å²) in [6, 6.07) is 20.1. The summed E-state index contributed by atoms with van der Waals surface area (Å²) in [4.78, 5) is 24.5. The normalized spacial score (nSPS) is 11.1. The molecule has 38 heavy (non-hydrogen) atoms. The van der Waals surface area contributed by atoms with E-state index in [4.69, 9.17) is 21.1 Å². The van der Waals surface area contributed by atoms with Crippen LogP contribution in [0.3, 0.4) is 0 Å². The lowest BCUT2D eigenvalue weighted by molar-refractivity contribution is -0.119. The van der Waals surface area contributed by atoms with Crippen molar-refractivity contribution in [3.63, 3.8) is 0 Å². The van der Waals surface area contributed by atoms with Gasteiger partial charge in [0.15, 0.2) is 6.61 Å². The van der Waals surface area contributed by atoms with Crippen molar-refractivity contribution in [2.45, 2.75) is 6.92 Å². The molecule has 0 saturated carbocycles. The minimum absolute atomic E-state index is 0.210. The van der Waals surface area contributed by atoms with Crippen LogP contribution in [0.5, 0.6) is 11.5 Å². The molecule has 0 saturated heterocycles. The number of rotatable bonds is 12. The molecule has 200 valence electrons. The molecule has 0 aliphatic heterocycles. The van der Waals surface area contributed by atoms with Crippen molar-refractivity contribution in [2.75, 3.05) is 35.6 Å². The molecule has 0 bridgehead atoms. The first kappa shape index (κ1) is 28.5. The Bertz CT molecular complexity index is 1400. The average Bonchev–Trinajstić information content (AvgIpc) is 2.88. The highest BCUT2D eigenvalue weighted by Crippen LogP contribution is 2.29. The first-order valence-electron chi connectivity index (χ1n) is 11.5. The van der Waals surface area contributed by atoms with Gasteiger partial charge < -0.3 is 14.8 Å². The van der Waals surface area contributed by atoms with Crippen LogP contribution >= 0.6 is 11.6 Å². The van der Waals surface area contributed by atoms with Crippen LogP contribution in [0.2, 0.25) is 5.02 Å². The zero-order valence-corrected chi connectivity index (χ0v) is 22.3. The van der Waals surface area contributed by atoms with E-state index in [1.807, 2.05) is 0 Å². The Balaban J connectivity index is 1.53. The topological polar surface area (TPSA) is 126 Å². The van der Waals surface area contributed by atoms with Crippen LogP contribution in [0, 0.1) is 0 Å². The Morgan fingerprint density at radius 3 is 2.34 bits per heavy atom. The molecule has 3 aromatic carbocycles. The number of amides is 2. The van der Waals surface area contributed by atoms with Gasteiger partial charge >= 0.3 is 0 Å². The van der Waals surface area contributed by atoms with Crippen LogP contribution in [0.4, 0.5) is 11.4 Å². The van der Waals surface area contributed by atoms with Gasteiger partial charge in [-0.1, -0.05) is 35.9 Å². The predicted octanol–water partition coefficient (Wildman–Crippen LogP) is 3.67. The van der Waals surface area contributed by atoms with E-state index in [2.05, 4.69) is 15.8 Å². The monoisotopic (exact) mass is 558 g/mol. The highest BCUT2D eigenvalue weighted by atomic mass is 35.5. The van der Waals surface area contributed by atoms with Crippen molar-refractivity contribution in [3.8, 4) is 11.5 Å². The van der Waals surface area contributed by atoms with Crippen molar-refractivity contribution in [2.24, 2.45) is 5.10 Å². The quantitative estimate of drug-likeness (QED) is 0.258. The van der Waals surface area contributed by atoms with E-state index in [1.165, 1.54) is 6.21 Å². The standard InChI is InChI=1S/C26H27ClN4O6S/c1-3-36-24-11-7-6-10-23(24)31(38(2,34)35)17-25(32)30-28-16-19-12-14-20(15-13-19)37-18-26(33)29-22-9-5-4-8-21(22)27/h4-16H,3,17-18H2,1-2H3,(H,29,33)(H,30,32)/b28-16-. The third-order valence-corrected chi connectivity index (χ3v) is 6.38. The van der Waals surface area contributed by atoms with E-state index in [9.17, 15) is 18.0 Å². The minimum Gasteiger partial charge on any atom is -0.492 e. The molecular formula is C26H27ClN4O6S. The Labute approximate surface area is 226 Å². The fourth-order valence-electron chi connectivity index (χ4n) is 3.21. The lowest BCUT2D eigenvalue weighted by Crippen LogP contribution is -2.39. The first-order chi connectivity index (χ1) is 18.2. The van der Waals surface area contributed by atoms with Crippen molar-refractivity contribution in [1.82, 2.24) is 5.43 Å². The summed E-state index contributed by atoms with van der Waals surface area (Å²) in [6.45, 7) is 1.42. The fraction of sp³-hybridized carbons (Fsp3) is 0.192. The van der Waals surface area contributed by atoms with E-state index >= 15 is 0 Å². The third-order valence-electron chi connectivity index (χ3n) is 4.92. The Hall–Kier alpha value is -4.09. The Morgan fingerprint density at radius 2 is 1.66 bits per heavy atom. The zero-order valence-electron chi connectivity index (χ0n) is 20.8. The number of sulfonamides is 1. The molecule has 0 spiro atoms. The summed E-state index contributed by atoms with van der Waals surface area (Å²) in [7, 11) is -3.78. The molecule has 3 aromatic rings. The fourth-order valence-corrected chi connectivity index (χ4v) is 4.26. The maximum Gasteiger partial charge on any atom is 0.262 e. The van der Waals surface area contributed by atoms with Crippen LogP contribution in [0.1, 0.15) is 12.5 Å². The number of nitrogens with one attached hydrogen (secondary N) is 2. The summed E-state index contributed by atoms with van der Waals surface area (Å²) in [5, 5.41) is 6.99. The van der Waals surface area contributed by atoms with Gasteiger partial charge in [0.25, 0.3) is 11.8 Å². The summed E-state index contributed by atoms with van der Waals surface area (Å²) in [6.07, 6.45) is 2.40. The van der Waals surface area contributed by atoms with Crippen LogP contribution in [-0.4, -0.2) is 52.5 Å². The molecule has 0 aliphatic rings. The number of hydrazone groups is 1. The van der Waals surface area contributed by atoms with Crippen LogP contribution in [-0.2, 0) is 19.6 Å². The number of carbonyl (C=O) groups excluding carboxylic acids is 2. The van der Waals surface area contributed by atoms with E-state index in [1.54, 1.807) is 79.7 Å². The van der Waals surface area contributed by atoms with Crippen molar-refractivity contribution < 1.29 is 27.5 Å². The lowest BCUT2D eigenvalue weighted by atomic mass is 10.2. The number of halogens is 1. The molecule has 0 heterocycles. The number of hydrogen-bond acceptors (Lipinski definition) is 7. The molecule has 10 nitrogen and oxygen atoms in total. The van der Waals surface area contributed by atoms with Gasteiger partial charge in [-0.25, -0.2) is 13.8 Å². The number of hydrogen-bond donors (Lipinski definition) is 2. The summed E-state index contributed by atoms with van der Waals surface area (Å²) in [5.74, 6) is -0.196. The molecular weight excluding hydrogens is 532 g/mol. The zero-order chi connectivity index (χ0) is 27.5. The lowest BCUT2D eigenvalue weighted by Gasteiger charge is -2.23. The number of ether oxygens (including phenoxy) is 2. The molecule has 12 heteroatoms. The number of para-hydroxylation sites is 3. The van der Waals surface area contributed by atoms with E-state index in [0.29, 0.717) is 34.4 Å². The smallest absolute Gasteiger partial charge is 0.262 e. The van der Waals surface area contributed by atoms with Crippen molar-refractivity contribution in [1.29, 1.82) is 0 Å². The van der Waals surface area contributed by atoms with Crippen LogP contribution < -0.4 is 24.5 Å². The van der Waals surface area contributed by atoms with E-state index in [-0.39, 0.29) is 18.2 Å². The molecule has 0 unspecified atom stereocenters. The van der Waals surface area contributed by atoms with Gasteiger partial charge in [0, 0.05) is 0 Å². The molecule has 2 amide bonds. The molecule has 0 radical (unpaired) electrons. The second-order valence-corrected chi connectivity index (χ2v) is 10.2. The molecule has 0 atom stereocenters. The average molecular weight is 559 g/mol. The van der Waals surface area contributed by atoms with Crippen LogP contribution in [0.15, 0.2) is 77.9 Å². The van der Waals surface area contributed by atoms with Gasteiger partial charge in [-0.2, -0.15) is 5.10 Å². The summed E-state index contributed by atoms with van der Waals surface area (Å²) >= 11 is 6.03. The molecule has 3 rings (SSSR count). The third kappa shape index (κ3) is 8.49. The van der Waals surface area contributed by atoms with Gasteiger partial charge in [-0.05, 0) is 61.0 Å². The van der Waals surface area contributed by atoms with Gasteiger partial charge in [0.1, 0.15) is 18.0 Å². The molecule has 0 fully saturated rings. The summed E-state index contributed by atoms with van der Waals surface area (Å²) in [5.41, 5.74) is 3.72. The van der Waals surface area contributed by atoms with E-state index in [0.717, 1.165) is 10.6 Å². The van der Waals surface area contributed by atoms with Gasteiger partial charge in [0.05, 0.1) is 35.5 Å². The highest BCUT2D eigenvalue weighted by molar-refractivity contribution is 7.92. The predicted molar refractivity (Wildman–Crippen MR) is 148 cm³/mol. The molecule has 2 N–H and O–H groups in total. The second kappa shape index (κ2) is 13.5. The van der Waals surface area contributed by atoms with Gasteiger partial charge in [0.2, 0.25) is 10.0 Å². The maximum absolute atomic E-state index is 12.5. The summed E-state index contributed by atoms with van der Waals surface area (Å²) < 4.78 is 36.7. The van der Waals surface area contributed by atoms with Gasteiger partial charge in [-0.3, -0.25) is 13.9 Å². The Morgan fingerprint density at radius 1 is 0.974 bits per heavy atom. The van der Waals surface area contributed by atoms with Gasteiger partial charge in [-0.15, -0.1) is 0 Å². The van der Waals surface area contributed by atoms with Crippen molar-refractivity contribution in [3.05, 3.63) is 83.4 Å². The number of benzene rings is 3.